The van der Waals surface area contributed by atoms with E-state index in [9.17, 15) is 14.4 Å². The van der Waals surface area contributed by atoms with Crippen molar-refractivity contribution in [1.29, 1.82) is 0 Å². The minimum absolute atomic E-state index is 0.0114. The molecule has 2 bridgehead atoms. The van der Waals surface area contributed by atoms with Crippen molar-refractivity contribution in [2.45, 2.75) is 115 Å². The fourth-order valence-electron chi connectivity index (χ4n) is 9.74. The quantitative estimate of drug-likeness (QED) is 0.146. The molecule has 11 heteroatoms. The third kappa shape index (κ3) is 7.71. The first-order valence-corrected chi connectivity index (χ1v) is 20.9. The molecule has 4 aromatic rings. The lowest BCUT2D eigenvalue weighted by Crippen LogP contribution is -2.51. The fourth-order valence-corrected chi connectivity index (χ4v) is 9.74. The number of methoxy groups -OCH3 is 1. The Morgan fingerprint density at radius 1 is 0.789 bits per heavy atom. The number of alkyl carbamates (subject to hydrolysis) is 1. The summed E-state index contributed by atoms with van der Waals surface area (Å²) in [5.41, 5.74) is 9.21. The molecule has 4 heterocycles. The van der Waals surface area contributed by atoms with Gasteiger partial charge in [0, 0.05) is 25.1 Å². The number of benzene rings is 2. The van der Waals surface area contributed by atoms with Crippen molar-refractivity contribution in [2.75, 3.05) is 20.2 Å². The molecule has 3 atom stereocenters. The van der Waals surface area contributed by atoms with Crippen molar-refractivity contribution >= 4 is 17.9 Å². The molecule has 5 aliphatic rings. The van der Waals surface area contributed by atoms with E-state index >= 15 is 0 Å². The number of aromatic amines is 2. The summed E-state index contributed by atoms with van der Waals surface area (Å²) in [6, 6.07) is 12.4. The highest BCUT2D eigenvalue weighted by atomic mass is 16.5. The number of rotatable bonds is 9. The smallest absolute Gasteiger partial charge is 0.407 e. The predicted octanol–water partition coefficient (Wildman–Crippen LogP) is 8.38. The Hall–Kier alpha value is -5.37. The van der Waals surface area contributed by atoms with Crippen LogP contribution in [-0.4, -0.2) is 73.9 Å². The molecule has 1 saturated carbocycles. The number of hydrogen-bond donors (Lipinski definition) is 3. The van der Waals surface area contributed by atoms with Crippen molar-refractivity contribution in [3.63, 3.8) is 0 Å². The molecule has 2 aliphatic heterocycles. The molecule has 9 rings (SSSR count). The predicted molar refractivity (Wildman–Crippen MR) is 219 cm³/mol. The zero-order valence-corrected chi connectivity index (χ0v) is 33.9. The summed E-state index contributed by atoms with van der Waals surface area (Å²) in [6.07, 6.45) is 12.0. The second-order valence-corrected chi connectivity index (χ2v) is 17.1. The largest absolute Gasteiger partial charge is 0.453 e. The normalized spacial score (nSPS) is 21.7. The lowest BCUT2D eigenvalue weighted by molar-refractivity contribution is -0.135. The molecule has 57 heavy (non-hydrogen) atoms. The van der Waals surface area contributed by atoms with Crippen LogP contribution in [-0.2, 0) is 14.3 Å². The molecule has 298 valence electrons. The van der Waals surface area contributed by atoms with Crippen LogP contribution in [0, 0.1) is 23.7 Å². The number of imidazole rings is 2. The Bertz CT molecular complexity index is 2180. The van der Waals surface area contributed by atoms with Crippen LogP contribution in [0.4, 0.5) is 4.79 Å². The zero-order chi connectivity index (χ0) is 39.8. The molecule has 3 N–H and O–H groups in total. The van der Waals surface area contributed by atoms with E-state index in [1.807, 2.05) is 29.8 Å². The van der Waals surface area contributed by atoms with Gasteiger partial charge in [0.15, 0.2) is 0 Å². The molecule has 0 radical (unpaired) electrons. The summed E-state index contributed by atoms with van der Waals surface area (Å²) in [7, 11) is 1.30. The van der Waals surface area contributed by atoms with Gasteiger partial charge in [0.2, 0.25) is 11.8 Å². The fraction of sp³-hybridized carbons (Fsp3) is 0.500. The molecular weight excluding hydrogens is 715 g/mol. The maximum atomic E-state index is 13.6. The van der Waals surface area contributed by atoms with Crippen LogP contribution in [0.15, 0.2) is 48.8 Å². The molecule has 11 nitrogen and oxygen atoms in total. The number of H-pyrrole nitrogens is 2. The molecule has 2 aromatic carbocycles. The Kier molecular flexibility index (Phi) is 11.0. The van der Waals surface area contributed by atoms with Gasteiger partial charge in [-0.15, -0.1) is 0 Å². The standard InChI is InChI=1S/C46H55N7O4/c1-27(2)24-39(54)52-22-6-8-37(52)44-48-26-36(50-44)30-12-10-29(11-13-30)35-21-19-32(40-31-14-16-33(17-15-31)41(35)40)18-20-34-25-47-43(49-34)38-9-7-23-53(38)45(55)42(28(3)4)51-46(56)57-5/h10-13,19,21,25-28,31,33,37-38,42H,6-9,14-17,22-24H2,1-5H3,(H,47,49)(H,48,50)(H,51,56)/t31?,33?,37-,38-,42-/m0/s1. The van der Waals surface area contributed by atoms with E-state index in [-0.39, 0.29) is 29.8 Å². The van der Waals surface area contributed by atoms with E-state index in [4.69, 9.17) is 9.72 Å². The first-order chi connectivity index (χ1) is 27.6. The van der Waals surface area contributed by atoms with Gasteiger partial charge >= 0.3 is 6.09 Å². The van der Waals surface area contributed by atoms with Gasteiger partial charge in [-0.3, -0.25) is 9.59 Å². The first-order valence-electron chi connectivity index (χ1n) is 20.9. The summed E-state index contributed by atoms with van der Waals surface area (Å²) in [5, 5.41) is 2.72. The number of nitrogens with one attached hydrogen (secondary N) is 3. The Labute approximate surface area is 335 Å². The van der Waals surface area contributed by atoms with Gasteiger partial charge < -0.3 is 29.8 Å². The minimum atomic E-state index is -0.680. The average molecular weight is 770 g/mol. The molecule has 0 unspecified atom stereocenters. The van der Waals surface area contributed by atoms with Crippen molar-refractivity contribution in [3.05, 3.63) is 82.8 Å². The number of amides is 3. The molecule has 2 aromatic heterocycles. The summed E-state index contributed by atoms with van der Waals surface area (Å²) in [6.45, 7) is 9.41. The lowest BCUT2D eigenvalue weighted by atomic mass is 9.64. The van der Waals surface area contributed by atoms with Crippen LogP contribution >= 0.6 is 0 Å². The maximum Gasteiger partial charge on any atom is 0.407 e. The molecule has 0 spiro atoms. The van der Waals surface area contributed by atoms with E-state index in [1.165, 1.54) is 55.0 Å². The van der Waals surface area contributed by atoms with Crippen LogP contribution in [0.5, 0.6) is 0 Å². The van der Waals surface area contributed by atoms with Crippen molar-refractivity contribution < 1.29 is 19.1 Å². The van der Waals surface area contributed by atoms with Gasteiger partial charge in [-0.2, -0.15) is 0 Å². The lowest BCUT2D eigenvalue weighted by Gasteiger charge is -2.40. The number of ether oxygens (including phenoxy) is 1. The average Bonchev–Trinajstić information content (AvgIpc) is 4.06. The highest BCUT2D eigenvalue weighted by molar-refractivity contribution is 5.86. The van der Waals surface area contributed by atoms with Crippen molar-refractivity contribution in [2.24, 2.45) is 11.8 Å². The van der Waals surface area contributed by atoms with Crippen molar-refractivity contribution in [1.82, 2.24) is 35.1 Å². The topological polar surface area (TPSA) is 136 Å². The number of hydrogen-bond acceptors (Lipinski definition) is 6. The van der Waals surface area contributed by atoms with Crippen LogP contribution < -0.4 is 5.32 Å². The Morgan fingerprint density at radius 3 is 2.11 bits per heavy atom. The molecule has 2 saturated heterocycles. The third-order valence-corrected chi connectivity index (χ3v) is 12.6. The number of carbonyl (C=O) groups excluding carboxylic acids is 3. The monoisotopic (exact) mass is 769 g/mol. The van der Waals surface area contributed by atoms with Gasteiger partial charge in [-0.25, -0.2) is 14.8 Å². The SMILES string of the molecule is COC(=O)N[C@H](C(=O)N1CCC[C@H]1c1ncc(C#Cc2ccc(-c3ccc(-c4cnc([C@@H]5CCCN5C(=O)CC(C)C)[nH]4)cc3)c3c2C2CCC3CC2)[nH]1)C(C)C. The van der Waals surface area contributed by atoms with E-state index in [0.29, 0.717) is 36.5 Å². The van der Waals surface area contributed by atoms with E-state index in [2.05, 4.69) is 82.4 Å². The Morgan fingerprint density at radius 2 is 1.42 bits per heavy atom. The number of carbonyl (C=O) groups is 3. The van der Waals surface area contributed by atoms with Crippen LogP contribution in [0.25, 0.3) is 22.4 Å². The number of aromatic nitrogens is 4. The van der Waals surface area contributed by atoms with Gasteiger partial charge in [0.05, 0.1) is 37.3 Å². The van der Waals surface area contributed by atoms with E-state index in [1.54, 1.807) is 6.20 Å². The van der Waals surface area contributed by atoms with Gasteiger partial charge in [-0.05, 0) is 115 Å². The second kappa shape index (κ2) is 16.2. The molecule has 3 amide bonds. The zero-order valence-electron chi connectivity index (χ0n) is 33.9. The third-order valence-electron chi connectivity index (χ3n) is 12.6. The molecule has 3 aliphatic carbocycles. The molecular formula is C46H55N7O4. The highest BCUT2D eigenvalue weighted by Gasteiger charge is 2.39. The van der Waals surface area contributed by atoms with E-state index < -0.39 is 12.1 Å². The van der Waals surface area contributed by atoms with Crippen molar-refractivity contribution in [3.8, 4) is 34.2 Å². The van der Waals surface area contributed by atoms with Crippen LogP contribution in [0.1, 0.15) is 143 Å². The summed E-state index contributed by atoms with van der Waals surface area (Å²) in [5.74, 6) is 9.85. The van der Waals surface area contributed by atoms with Crippen LogP contribution in [0.2, 0.25) is 0 Å². The number of fused-ring (bicyclic) bond motifs is 2. The number of nitrogens with zero attached hydrogens (tertiary/aromatic N) is 4. The minimum Gasteiger partial charge on any atom is -0.453 e. The molecule has 3 fully saturated rings. The van der Waals surface area contributed by atoms with Gasteiger partial charge in [0.25, 0.3) is 0 Å². The Balaban J connectivity index is 1.01. The second-order valence-electron chi connectivity index (χ2n) is 17.1. The van der Waals surface area contributed by atoms with Gasteiger partial charge in [-0.1, -0.05) is 63.9 Å². The summed E-state index contributed by atoms with van der Waals surface area (Å²) < 4.78 is 4.78. The van der Waals surface area contributed by atoms with Crippen LogP contribution in [0.3, 0.4) is 0 Å². The first kappa shape index (κ1) is 38.5. The summed E-state index contributed by atoms with van der Waals surface area (Å²) >= 11 is 0. The maximum absolute atomic E-state index is 13.6. The van der Waals surface area contributed by atoms with Gasteiger partial charge in [0.1, 0.15) is 23.4 Å². The summed E-state index contributed by atoms with van der Waals surface area (Å²) in [4.78, 5) is 58.8. The highest BCUT2D eigenvalue weighted by Crippen LogP contribution is 2.53. The van der Waals surface area contributed by atoms with E-state index in [0.717, 1.165) is 60.6 Å². The number of likely N-dealkylation sites (tertiary alicyclic amines) is 2.